The number of esters is 1. The molecule has 1 aromatic rings. The fourth-order valence-corrected chi connectivity index (χ4v) is 1.49. The number of halogens is 3. The Kier molecular flexibility index (Phi) is 4.05. The summed E-state index contributed by atoms with van der Waals surface area (Å²) in [7, 11) is 3.27. The van der Waals surface area contributed by atoms with Crippen LogP contribution in [0, 0.1) is 0 Å². The molecule has 0 unspecified atom stereocenters. The lowest BCUT2D eigenvalue weighted by Crippen LogP contribution is -2.16. The van der Waals surface area contributed by atoms with E-state index in [4.69, 9.17) is 4.74 Å². The quantitative estimate of drug-likeness (QED) is 0.787. The highest BCUT2D eigenvalue weighted by Gasteiger charge is 2.40. The van der Waals surface area contributed by atoms with E-state index in [9.17, 15) is 18.0 Å². The molecule has 1 rings (SSSR count). The van der Waals surface area contributed by atoms with Gasteiger partial charge in [-0.25, -0.2) is 4.79 Å². The van der Waals surface area contributed by atoms with Crippen LogP contribution in [0.15, 0.2) is 12.1 Å². The van der Waals surface area contributed by atoms with Gasteiger partial charge in [-0.1, -0.05) is 0 Å². The Bertz CT molecular complexity index is 454. The first-order valence-corrected chi connectivity index (χ1v) is 4.77. The van der Waals surface area contributed by atoms with Gasteiger partial charge >= 0.3 is 12.1 Å². The third-order valence-corrected chi connectivity index (χ3v) is 2.23. The number of ether oxygens (including phenoxy) is 3. The number of benzene rings is 1. The summed E-state index contributed by atoms with van der Waals surface area (Å²) in [5.74, 6) is -1.76. The third kappa shape index (κ3) is 2.49. The van der Waals surface area contributed by atoms with E-state index in [0.717, 1.165) is 20.3 Å². The molecule has 0 atom stereocenters. The number of rotatable bonds is 3. The van der Waals surface area contributed by atoms with Gasteiger partial charge in [-0.3, -0.25) is 0 Å². The normalized spacial score (nSPS) is 11.0. The highest BCUT2D eigenvalue weighted by molar-refractivity contribution is 5.92. The Balaban J connectivity index is 3.60. The molecule has 0 aliphatic carbocycles. The summed E-state index contributed by atoms with van der Waals surface area (Å²) in [6.07, 6.45) is -4.76. The van der Waals surface area contributed by atoms with E-state index in [1.165, 1.54) is 13.2 Å². The van der Waals surface area contributed by atoms with Gasteiger partial charge in [-0.15, -0.1) is 0 Å². The van der Waals surface area contributed by atoms with Crippen molar-refractivity contribution < 1.29 is 32.2 Å². The summed E-state index contributed by atoms with van der Waals surface area (Å²) < 4.78 is 52.6. The largest absolute Gasteiger partial charge is 0.493 e. The van der Waals surface area contributed by atoms with Gasteiger partial charge in [-0.05, 0) is 12.1 Å². The van der Waals surface area contributed by atoms with Gasteiger partial charge in [0.2, 0.25) is 0 Å². The fourth-order valence-electron chi connectivity index (χ4n) is 1.49. The average molecular weight is 264 g/mol. The van der Waals surface area contributed by atoms with Crippen molar-refractivity contribution in [2.24, 2.45) is 0 Å². The van der Waals surface area contributed by atoms with Gasteiger partial charge in [0, 0.05) is 0 Å². The molecule has 0 bridgehead atoms. The number of carbonyl (C=O) groups is 1. The minimum Gasteiger partial charge on any atom is -0.493 e. The van der Waals surface area contributed by atoms with Crippen LogP contribution in [-0.2, 0) is 10.9 Å². The van der Waals surface area contributed by atoms with Crippen molar-refractivity contribution in [2.45, 2.75) is 6.18 Å². The summed E-state index contributed by atoms with van der Waals surface area (Å²) >= 11 is 0. The molecule has 0 aromatic heterocycles. The zero-order valence-corrected chi connectivity index (χ0v) is 9.92. The Morgan fingerprint density at radius 3 is 2.11 bits per heavy atom. The topological polar surface area (TPSA) is 44.8 Å². The van der Waals surface area contributed by atoms with E-state index in [2.05, 4.69) is 9.47 Å². The molecular formula is C11H11F3O4. The van der Waals surface area contributed by atoms with E-state index in [1.807, 2.05) is 0 Å². The molecule has 1 aromatic carbocycles. The highest BCUT2D eigenvalue weighted by Crippen LogP contribution is 2.43. The minimum atomic E-state index is -4.76. The van der Waals surface area contributed by atoms with Crippen LogP contribution >= 0.6 is 0 Å². The molecule has 7 heteroatoms. The molecule has 100 valence electrons. The molecular weight excluding hydrogens is 253 g/mol. The first-order chi connectivity index (χ1) is 8.36. The molecule has 0 spiro atoms. The highest BCUT2D eigenvalue weighted by atomic mass is 19.4. The van der Waals surface area contributed by atoms with Crippen molar-refractivity contribution >= 4 is 5.97 Å². The van der Waals surface area contributed by atoms with Crippen LogP contribution < -0.4 is 9.47 Å². The zero-order valence-electron chi connectivity index (χ0n) is 9.92. The summed E-state index contributed by atoms with van der Waals surface area (Å²) in [6.45, 7) is 0. The molecule has 0 radical (unpaired) electrons. The molecule has 0 saturated carbocycles. The lowest BCUT2D eigenvalue weighted by Gasteiger charge is -2.17. The molecule has 4 nitrogen and oxygen atoms in total. The van der Waals surface area contributed by atoms with Crippen LogP contribution in [0.3, 0.4) is 0 Å². The van der Waals surface area contributed by atoms with Crippen LogP contribution in [0.4, 0.5) is 13.2 Å². The van der Waals surface area contributed by atoms with Gasteiger partial charge in [0.05, 0.1) is 26.9 Å². The third-order valence-electron chi connectivity index (χ3n) is 2.23. The van der Waals surface area contributed by atoms with Gasteiger partial charge < -0.3 is 14.2 Å². The summed E-state index contributed by atoms with van der Waals surface area (Å²) in [5.41, 5.74) is -1.83. The van der Waals surface area contributed by atoms with Crippen molar-refractivity contribution in [2.75, 3.05) is 21.3 Å². The van der Waals surface area contributed by atoms with E-state index in [-0.39, 0.29) is 5.75 Å². The Labute approximate surface area is 101 Å². The molecule has 0 aliphatic heterocycles. The SMILES string of the molecule is COC(=O)c1ccc(OC)c(OC)c1C(F)(F)F. The fraction of sp³-hybridized carbons (Fsp3) is 0.364. The molecule has 0 saturated heterocycles. The number of methoxy groups -OCH3 is 3. The smallest absolute Gasteiger partial charge is 0.420 e. The van der Waals surface area contributed by atoms with Gasteiger partial charge in [0.1, 0.15) is 5.56 Å². The van der Waals surface area contributed by atoms with E-state index < -0.39 is 29.0 Å². The van der Waals surface area contributed by atoms with Crippen molar-refractivity contribution in [1.82, 2.24) is 0 Å². The maximum atomic E-state index is 13.0. The second kappa shape index (κ2) is 5.16. The molecule has 0 amide bonds. The second-order valence-electron chi connectivity index (χ2n) is 3.21. The molecule has 0 N–H and O–H groups in total. The summed E-state index contributed by atoms with van der Waals surface area (Å²) in [4.78, 5) is 11.3. The Morgan fingerprint density at radius 1 is 1.11 bits per heavy atom. The van der Waals surface area contributed by atoms with Crippen molar-refractivity contribution in [3.05, 3.63) is 23.3 Å². The van der Waals surface area contributed by atoms with Gasteiger partial charge in [0.25, 0.3) is 0 Å². The Morgan fingerprint density at radius 2 is 1.72 bits per heavy atom. The predicted molar refractivity (Wildman–Crippen MR) is 55.9 cm³/mol. The first kappa shape index (κ1) is 14.1. The lowest BCUT2D eigenvalue weighted by molar-refractivity contribution is -0.139. The van der Waals surface area contributed by atoms with Crippen LogP contribution in [0.2, 0.25) is 0 Å². The summed E-state index contributed by atoms with van der Waals surface area (Å²) in [6, 6.07) is 2.19. The lowest BCUT2D eigenvalue weighted by atomic mass is 10.0. The van der Waals surface area contributed by atoms with Crippen molar-refractivity contribution in [3.8, 4) is 11.5 Å². The number of carbonyl (C=O) groups excluding carboxylic acids is 1. The molecule has 0 aliphatic rings. The maximum Gasteiger partial charge on any atom is 0.420 e. The monoisotopic (exact) mass is 264 g/mol. The molecule has 18 heavy (non-hydrogen) atoms. The number of hydrogen-bond donors (Lipinski definition) is 0. The zero-order chi connectivity index (χ0) is 13.9. The minimum absolute atomic E-state index is 0.113. The maximum absolute atomic E-state index is 13.0. The summed E-state index contributed by atoms with van der Waals surface area (Å²) in [5, 5.41) is 0. The standard InChI is InChI=1S/C11H11F3O4/c1-16-7-5-4-6(10(15)18-3)8(9(7)17-2)11(12,13)14/h4-5H,1-3H3. The van der Waals surface area contributed by atoms with Crippen molar-refractivity contribution in [1.29, 1.82) is 0 Å². The van der Waals surface area contributed by atoms with E-state index >= 15 is 0 Å². The number of alkyl halides is 3. The Hall–Kier alpha value is -1.92. The first-order valence-electron chi connectivity index (χ1n) is 4.77. The second-order valence-corrected chi connectivity index (χ2v) is 3.21. The number of hydrogen-bond acceptors (Lipinski definition) is 4. The van der Waals surface area contributed by atoms with Crippen LogP contribution in [-0.4, -0.2) is 27.3 Å². The van der Waals surface area contributed by atoms with Crippen LogP contribution in [0.25, 0.3) is 0 Å². The van der Waals surface area contributed by atoms with Crippen LogP contribution in [0.5, 0.6) is 11.5 Å². The molecule has 0 heterocycles. The predicted octanol–water partition coefficient (Wildman–Crippen LogP) is 2.51. The molecule has 0 fully saturated rings. The van der Waals surface area contributed by atoms with Gasteiger partial charge in [0.15, 0.2) is 11.5 Å². The average Bonchev–Trinajstić information content (AvgIpc) is 2.34. The van der Waals surface area contributed by atoms with E-state index in [0.29, 0.717) is 0 Å². The van der Waals surface area contributed by atoms with Crippen molar-refractivity contribution in [3.63, 3.8) is 0 Å². The van der Waals surface area contributed by atoms with Gasteiger partial charge in [-0.2, -0.15) is 13.2 Å². The van der Waals surface area contributed by atoms with Crippen LogP contribution in [0.1, 0.15) is 15.9 Å². The van der Waals surface area contributed by atoms with E-state index in [1.54, 1.807) is 0 Å².